The quantitative estimate of drug-likeness (QED) is 0.241. The number of carbonyl (C=O) groups is 2. The van der Waals surface area contributed by atoms with E-state index < -0.39 is 11.9 Å². The summed E-state index contributed by atoms with van der Waals surface area (Å²) < 4.78 is 16.3. The normalized spacial score (nSPS) is 10.7. The molecule has 0 aliphatic rings. The molecule has 162 valence electrons. The summed E-state index contributed by atoms with van der Waals surface area (Å²) in [6.45, 7) is 7.15. The van der Waals surface area contributed by atoms with Crippen molar-refractivity contribution in [2.24, 2.45) is 5.92 Å². The van der Waals surface area contributed by atoms with Gasteiger partial charge in [-0.05, 0) is 54.8 Å². The number of hydrogen-bond acceptors (Lipinski definition) is 5. The van der Waals surface area contributed by atoms with Gasteiger partial charge in [-0.3, -0.25) is 0 Å². The molecule has 0 saturated heterocycles. The van der Waals surface area contributed by atoms with Crippen LogP contribution in [-0.2, 0) is 4.74 Å². The van der Waals surface area contributed by atoms with Gasteiger partial charge in [-0.1, -0.05) is 52.5 Å². The minimum absolute atomic E-state index is 0.253. The highest BCUT2D eigenvalue weighted by Crippen LogP contribution is 2.18. The average molecular weight is 413 g/mol. The van der Waals surface area contributed by atoms with Gasteiger partial charge in [-0.15, -0.1) is 0 Å². The summed E-state index contributed by atoms with van der Waals surface area (Å²) in [6, 6.07) is 13.3. The molecule has 0 fully saturated rings. The standard InChI is InChI=1S/C25H32O5/c1-4-5-6-7-8-16-28-22-14-12-20(13-15-22)25(27)30-23-11-9-10-21(17-23)24(26)29-18-19(2)3/h9-15,17,19H,4-8,16,18H2,1-3H3. The molecule has 0 unspecified atom stereocenters. The molecule has 0 saturated carbocycles. The Morgan fingerprint density at radius 3 is 2.27 bits per heavy atom. The maximum Gasteiger partial charge on any atom is 0.343 e. The van der Waals surface area contributed by atoms with E-state index in [2.05, 4.69) is 6.92 Å². The van der Waals surface area contributed by atoms with Crippen molar-refractivity contribution < 1.29 is 23.8 Å². The van der Waals surface area contributed by atoms with Crippen LogP contribution in [0.3, 0.4) is 0 Å². The maximum absolute atomic E-state index is 12.4. The fourth-order valence-electron chi connectivity index (χ4n) is 2.76. The van der Waals surface area contributed by atoms with Gasteiger partial charge in [-0.25, -0.2) is 9.59 Å². The van der Waals surface area contributed by atoms with Crippen molar-refractivity contribution in [2.45, 2.75) is 52.9 Å². The molecule has 2 rings (SSSR count). The van der Waals surface area contributed by atoms with Crippen LogP contribution in [-0.4, -0.2) is 25.2 Å². The van der Waals surface area contributed by atoms with Gasteiger partial charge in [-0.2, -0.15) is 0 Å². The van der Waals surface area contributed by atoms with Gasteiger partial charge < -0.3 is 14.2 Å². The number of rotatable bonds is 12. The molecule has 0 amide bonds. The van der Waals surface area contributed by atoms with Gasteiger partial charge >= 0.3 is 11.9 Å². The zero-order valence-electron chi connectivity index (χ0n) is 18.2. The van der Waals surface area contributed by atoms with Gasteiger partial charge in [0.25, 0.3) is 0 Å². The first-order chi connectivity index (χ1) is 14.5. The predicted octanol–water partition coefficient (Wildman–Crippen LogP) is 6.07. The van der Waals surface area contributed by atoms with Crippen LogP contribution in [0.2, 0.25) is 0 Å². The Morgan fingerprint density at radius 1 is 0.833 bits per heavy atom. The first-order valence-electron chi connectivity index (χ1n) is 10.7. The third-order valence-electron chi connectivity index (χ3n) is 4.43. The molecule has 0 bridgehead atoms. The van der Waals surface area contributed by atoms with E-state index in [0.29, 0.717) is 30.1 Å². The summed E-state index contributed by atoms with van der Waals surface area (Å²) in [5.41, 5.74) is 0.765. The van der Waals surface area contributed by atoms with Gasteiger partial charge in [0.05, 0.1) is 24.3 Å². The summed E-state index contributed by atoms with van der Waals surface area (Å²) in [7, 11) is 0. The second-order valence-corrected chi connectivity index (χ2v) is 7.70. The highest BCUT2D eigenvalue weighted by atomic mass is 16.5. The first-order valence-corrected chi connectivity index (χ1v) is 10.7. The fourth-order valence-corrected chi connectivity index (χ4v) is 2.76. The van der Waals surface area contributed by atoms with Crippen LogP contribution in [0.15, 0.2) is 48.5 Å². The first kappa shape index (κ1) is 23.5. The molecule has 0 spiro atoms. The number of carbonyl (C=O) groups excluding carboxylic acids is 2. The Balaban J connectivity index is 1.85. The molecule has 5 heteroatoms. The van der Waals surface area contributed by atoms with Crippen molar-refractivity contribution in [2.75, 3.05) is 13.2 Å². The zero-order valence-corrected chi connectivity index (χ0v) is 18.2. The molecule has 2 aromatic carbocycles. The molecule has 0 heterocycles. The second-order valence-electron chi connectivity index (χ2n) is 7.70. The maximum atomic E-state index is 12.4. The molecular formula is C25H32O5. The van der Waals surface area contributed by atoms with E-state index in [1.807, 2.05) is 13.8 Å². The number of benzene rings is 2. The van der Waals surface area contributed by atoms with Crippen LogP contribution in [0.5, 0.6) is 11.5 Å². The minimum atomic E-state index is -0.492. The highest BCUT2D eigenvalue weighted by Gasteiger charge is 2.13. The van der Waals surface area contributed by atoms with Gasteiger partial charge in [0.2, 0.25) is 0 Å². The van der Waals surface area contributed by atoms with Gasteiger partial charge in [0.1, 0.15) is 11.5 Å². The molecule has 0 radical (unpaired) electrons. The molecular weight excluding hydrogens is 380 g/mol. The lowest BCUT2D eigenvalue weighted by atomic mass is 10.2. The SMILES string of the molecule is CCCCCCCOc1ccc(C(=O)Oc2cccc(C(=O)OCC(C)C)c2)cc1. The lowest BCUT2D eigenvalue weighted by Crippen LogP contribution is -2.11. The number of unbranched alkanes of at least 4 members (excludes halogenated alkanes) is 4. The van der Waals surface area contributed by atoms with Crippen LogP contribution < -0.4 is 9.47 Å². The fraction of sp³-hybridized carbons (Fsp3) is 0.440. The van der Waals surface area contributed by atoms with E-state index in [1.54, 1.807) is 42.5 Å². The molecule has 0 aliphatic carbocycles. The molecule has 0 aliphatic heterocycles. The van der Waals surface area contributed by atoms with Crippen molar-refractivity contribution in [3.8, 4) is 11.5 Å². The van der Waals surface area contributed by atoms with Crippen LogP contribution in [0.4, 0.5) is 0 Å². The van der Waals surface area contributed by atoms with Gasteiger partial charge in [0.15, 0.2) is 0 Å². The highest BCUT2D eigenvalue weighted by molar-refractivity contribution is 5.92. The van der Waals surface area contributed by atoms with Crippen molar-refractivity contribution >= 4 is 11.9 Å². The molecule has 2 aromatic rings. The van der Waals surface area contributed by atoms with Crippen LogP contribution in [0, 0.1) is 5.92 Å². The van der Waals surface area contributed by atoms with Gasteiger partial charge in [0, 0.05) is 0 Å². The molecule has 0 aromatic heterocycles. The van der Waals surface area contributed by atoms with Crippen LogP contribution in [0.1, 0.15) is 73.6 Å². The molecule has 0 atom stereocenters. The summed E-state index contributed by atoms with van der Waals surface area (Å²) in [6.07, 6.45) is 5.92. The minimum Gasteiger partial charge on any atom is -0.494 e. The molecule has 5 nitrogen and oxygen atoms in total. The largest absolute Gasteiger partial charge is 0.494 e. The van der Waals surface area contributed by atoms with Crippen molar-refractivity contribution in [1.82, 2.24) is 0 Å². The Kier molecular flexibility index (Phi) is 9.92. The third-order valence-corrected chi connectivity index (χ3v) is 4.43. The second kappa shape index (κ2) is 12.7. The van der Waals surface area contributed by atoms with E-state index in [0.717, 1.165) is 12.2 Å². The third kappa shape index (κ3) is 8.27. The zero-order chi connectivity index (χ0) is 21.8. The van der Waals surface area contributed by atoms with Crippen LogP contribution >= 0.6 is 0 Å². The Morgan fingerprint density at radius 2 is 1.57 bits per heavy atom. The summed E-state index contributed by atoms with van der Waals surface area (Å²) in [5, 5.41) is 0. The molecule has 30 heavy (non-hydrogen) atoms. The Bertz CT molecular complexity index is 795. The molecule has 0 N–H and O–H groups in total. The van der Waals surface area contributed by atoms with E-state index in [1.165, 1.54) is 31.7 Å². The van der Waals surface area contributed by atoms with E-state index in [4.69, 9.17) is 14.2 Å². The van der Waals surface area contributed by atoms with E-state index in [-0.39, 0.29) is 5.92 Å². The smallest absolute Gasteiger partial charge is 0.343 e. The average Bonchev–Trinajstić information content (AvgIpc) is 2.75. The number of hydrogen-bond donors (Lipinski definition) is 0. The summed E-state index contributed by atoms with van der Waals surface area (Å²) >= 11 is 0. The number of ether oxygens (including phenoxy) is 3. The monoisotopic (exact) mass is 412 g/mol. The lowest BCUT2D eigenvalue weighted by Gasteiger charge is -2.09. The topological polar surface area (TPSA) is 61.8 Å². The van der Waals surface area contributed by atoms with Crippen molar-refractivity contribution in [1.29, 1.82) is 0 Å². The van der Waals surface area contributed by atoms with E-state index in [9.17, 15) is 9.59 Å². The Hall–Kier alpha value is -2.82. The predicted molar refractivity (Wildman–Crippen MR) is 117 cm³/mol. The van der Waals surface area contributed by atoms with Crippen molar-refractivity contribution in [3.05, 3.63) is 59.7 Å². The lowest BCUT2D eigenvalue weighted by molar-refractivity contribution is 0.0457. The van der Waals surface area contributed by atoms with Crippen LogP contribution in [0.25, 0.3) is 0 Å². The van der Waals surface area contributed by atoms with Crippen molar-refractivity contribution in [3.63, 3.8) is 0 Å². The number of esters is 2. The van der Waals surface area contributed by atoms with E-state index >= 15 is 0 Å². The summed E-state index contributed by atoms with van der Waals surface area (Å²) in [5.74, 6) is 0.359. The Labute approximate surface area is 179 Å². The summed E-state index contributed by atoms with van der Waals surface area (Å²) in [4.78, 5) is 24.5.